The second kappa shape index (κ2) is 6.68. The molecule has 1 atom stereocenters. The van der Waals surface area contributed by atoms with Crippen LogP contribution in [-0.4, -0.2) is 61.8 Å². The average Bonchev–Trinajstić information content (AvgIpc) is 2.52. The molecule has 114 valence electrons. The fraction of sp³-hybridized carbons (Fsp3) is 0.500. The second-order valence-electron chi connectivity index (χ2n) is 4.31. The number of esters is 2. The maximum Gasteiger partial charge on any atom is 0.356 e. The van der Waals surface area contributed by atoms with E-state index in [1.807, 2.05) is 0 Å². The Balaban J connectivity index is 2.36. The van der Waals surface area contributed by atoms with Crippen molar-refractivity contribution in [3.05, 3.63) is 17.0 Å². The van der Waals surface area contributed by atoms with Gasteiger partial charge in [0.2, 0.25) is 5.28 Å². The highest BCUT2D eigenvalue weighted by Crippen LogP contribution is 2.20. The predicted molar refractivity (Wildman–Crippen MR) is 74.4 cm³/mol. The SMILES string of the molecule is COC(=O)c1cc(N2CCNCC2C(=O)OC)nc(Cl)n1. The summed E-state index contributed by atoms with van der Waals surface area (Å²) in [5, 5.41) is 3.01. The van der Waals surface area contributed by atoms with Crippen molar-refractivity contribution in [2.45, 2.75) is 6.04 Å². The summed E-state index contributed by atoms with van der Waals surface area (Å²) in [4.78, 5) is 33.0. The predicted octanol–water partition coefficient (Wildman–Crippen LogP) is -0.132. The number of hydrogen-bond donors (Lipinski definition) is 1. The molecule has 1 N–H and O–H groups in total. The smallest absolute Gasteiger partial charge is 0.356 e. The van der Waals surface area contributed by atoms with E-state index in [0.717, 1.165) is 0 Å². The molecule has 0 bridgehead atoms. The molecule has 21 heavy (non-hydrogen) atoms. The Kier molecular flexibility index (Phi) is 4.92. The van der Waals surface area contributed by atoms with Gasteiger partial charge in [0.05, 0.1) is 14.2 Å². The normalized spacial score (nSPS) is 18.2. The molecule has 1 saturated heterocycles. The Labute approximate surface area is 126 Å². The van der Waals surface area contributed by atoms with Crippen molar-refractivity contribution in [2.75, 3.05) is 38.8 Å². The zero-order chi connectivity index (χ0) is 15.4. The zero-order valence-corrected chi connectivity index (χ0v) is 12.4. The second-order valence-corrected chi connectivity index (χ2v) is 4.65. The summed E-state index contributed by atoms with van der Waals surface area (Å²) in [6.07, 6.45) is 0. The minimum absolute atomic E-state index is 0.0367. The van der Waals surface area contributed by atoms with E-state index in [4.69, 9.17) is 16.3 Å². The summed E-state index contributed by atoms with van der Waals surface area (Å²) in [7, 11) is 2.57. The van der Waals surface area contributed by atoms with Gasteiger partial charge in [0.15, 0.2) is 5.69 Å². The largest absolute Gasteiger partial charge is 0.467 e. The molecular formula is C12H15ClN4O4. The van der Waals surface area contributed by atoms with Gasteiger partial charge in [0.1, 0.15) is 11.9 Å². The number of nitrogens with one attached hydrogen (secondary N) is 1. The van der Waals surface area contributed by atoms with Crippen LogP contribution in [0, 0.1) is 0 Å². The summed E-state index contributed by atoms with van der Waals surface area (Å²) >= 11 is 5.84. The molecule has 1 aromatic rings. The third-order valence-corrected chi connectivity index (χ3v) is 3.26. The van der Waals surface area contributed by atoms with Gasteiger partial charge in [-0.2, -0.15) is 0 Å². The molecule has 2 rings (SSSR count). The highest BCUT2D eigenvalue weighted by Gasteiger charge is 2.31. The molecule has 1 unspecified atom stereocenters. The maximum absolute atomic E-state index is 11.8. The first-order valence-electron chi connectivity index (χ1n) is 6.25. The van der Waals surface area contributed by atoms with Crippen molar-refractivity contribution < 1.29 is 19.1 Å². The Morgan fingerprint density at radius 3 is 2.81 bits per heavy atom. The van der Waals surface area contributed by atoms with E-state index in [1.54, 1.807) is 4.90 Å². The highest BCUT2D eigenvalue weighted by molar-refractivity contribution is 6.28. The van der Waals surface area contributed by atoms with E-state index < -0.39 is 18.0 Å². The molecule has 2 heterocycles. The molecule has 8 nitrogen and oxygen atoms in total. The zero-order valence-electron chi connectivity index (χ0n) is 11.6. The van der Waals surface area contributed by atoms with E-state index in [1.165, 1.54) is 20.3 Å². The lowest BCUT2D eigenvalue weighted by atomic mass is 10.2. The number of rotatable bonds is 3. The molecule has 0 aromatic carbocycles. The molecule has 0 saturated carbocycles. The van der Waals surface area contributed by atoms with Gasteiger partial charge >= 0.3 is 11.9 Å². The van der Waals surface area contributed by atoms with Gasteiger partial charge < -0.3 is 19.7 Å². The van der Waals surface area contributed by atoms with Crippen LogP contribution in [0.3, 0.4) is 0 Å². The topological polar surface area (TPSA) is 93.7 Å². The number of carbonyl (C=O) groups excluding carboxylic acids is 2. The van der Waals surface area contributed by atoms with Crippen LogP contribution in [0.15, 0.2) is 6.07 Å². The highest BCUT2D eigenvalue weighted by atomic mass is 35.5. The van der Waals surface area contributed by atoms with E-state index in [9.17, 15) is 9.59 Å². The molecule has 0 spiro atoms. The molecular weight excluding hydrogens is 300 g/mol. The van der Waals surface area contributed by atoms with Crippen LogP contribution >= 0.6 is 11.6 Å². The van der Waals surface area contributed by atoms with Gasteiger partial charge in [-0.05, 0) is 11.6 Å². The van der Waals surface area contributed by atoms with Gasteiger partial charge in [-0.1, -0.05) is 0 Å². The third kappa shape index (κ3) is 3.40. The van der Waals surface area contributed by atoms with Crippen LogP contribution in [0.1, 0.15) is 10.5 Å². The summed E-state index contributed by atoms with van der Waals surface area (Å²) in [6, 6.07) is 0.902. The van der Waals surface area contributed by atoms with Crippen molar-refractivity contribution in [1.29, 1.82) is 0 Å². The van der Waals surface area contributed by atoms with E-state index in [-0.39, 0.29) is 11.0 Å². The first kappa shape index (κ1) is 15.5. The number of piperazine rings is 1. The summed E-state index contributed by atoms with van der Waals surface area (Å²) < 4.78 is 9.40. The number of methoxy groups -OCH3 is 2. The quantitative estimate of drug-likeness (QED) is 0.609. The first-order valence-corrected chi connectivity index (χ1v) is 6.62. The molecule has 1 aliphatic heterocycles. The minimum Gasteiger partial charge on any atom is -0.467 e. The van der Waals surface area contributed by atoms with E-state index >= 15 is 0 Å². The van der Waals surface area contributed by atoms with Gasteiger partial charge in [0, 0.05) is 25.7 Å². The van der Waals surface area contributed by atoms with Gasteiger partial charge in [-0.15, -0.1) is 0 Å². The maximum atomic E-state index is 11.8. The number of hydrogen-bond acceptors (Lipinski definition) is 8. The van der Waals surface area contributed by atoms with Gasteiger partial charge in [0.25, 0.3) is 0 Å². The fourth-order valence-electron chi connectivity index (χ4n) is 2.09. The number of aromatic nitrogens is 2. The number of carbonyl (C=O) groups is 2. The Morgan fingerprint density at radius 1 is 1.38 bits per heavy atom. The summed E-state index contributed by atoms with van der Waals surface area (Å²) in [5.41, 5.74) is 0.0367. The lowest BCUT2D eigenvalue weighted by molar-refractivity contribution is -0.142. The first-order chi connectivity index (χ1) is 10.1. The van der Waals surface area contributed by atoms with Crippen LogP contribution in [-0.2, 0) is 14.3 Å². The number of halogens is 1. The molecule has 1 aromatic heterocycles. The fourth-order valence-corrected chi connectivity index (χ4v) is 2.26. The van der Waals surface area contributed by atoms with Crippen molar-refractivity contribution in [1.82, 2.24) is 15.3 Å². The standard InChI is InChI=1S/C12H15ClN4O4/c1-20-10(18)7-5-9(16-12(13)15-7)17-4-3-14-6-8(17)11(19)21-2/h5,8,14H,3-4,6H2,1-2H3. The Hall–Kier alpha value is -1.93. The molecule has 1 aliphatic rings. The van der Waals surface area contributed by atoms with Crippen molar-refractivity contribution >= 4 is 29.4 Å². The van der Waals surface area contributed by atoms with Gasteiger partial charge in [-0.25, -0.2) is 19.6 Å². The lowest BCUT2D eigenvalue weighted by Crippen LogP contribution is -2.55. The molecule has 1 fully saturated rings. The number of nitrogens with zero attached hydrogens (tertiary/aromatic N) is 3. The van der Waals surface area contributed by atoms with Crippen LogP contribution in [0.5, 0.6) is 0 Å². The average molecular weight is 315 g/mol. The van der Waals surface area contributed by atoms with E-state index in [2.05, 4.69) is 20.0 Å². The van der Waals surface area contributed by atoms with Crippen molar-refractivity contribution in [3.8, 4) is 0 Å². The monoisotopic (exact) mass is 314 g/mol. The molecule has 0 amide bonds. The van der Waals surface area contributed by atoms with Crippen LogP contribution < -0.4 is 10.2 Å². The molecule has 0 aliphatic carbocycles. The minimum atomic E-state index is -0.620. The van der Waals surface area contributed by atoms with Crippen molar-refractivity contribution in [3.63, 3.8) is 0 Å². The molecule has 9 heteroatoms. The number of anilines is 1. The van der Waals surface area contributed by atoms with E-state index in [0.29, 0.717) is 25.5 Å². The summed E-state index contributed by atoms with van der Waals surface area (Å²) in [6.45, 7) is 1.61. The van der Waals surface area contributed by atoms with Gasteiger partial charge in [-0.3, -0.25) is 0 Å². The Bertz CT molecular complexity index is 554. The number of ether oxygens (including phenoxy) is 2. The van der Waals surface area contributed by atoms with Crippen LogP contribution in [0.4, 0.5) is 5.82 Å². The van der Waals surface area contributed by atoms with Crippen LogP contribution in [0.25, 0.3) is 0 Å². The molecule has 0 radical (unpaired) electrons. The summed E-state index contributed by atoms with van der Waals surface area (Å²) in [5.74, 6) is -0.630. The Morgan fingerprint density at radius 2 is 2.14 bits per heavy atom. The van der Waals surface area contributed by atoms with Crippen molar-refractivity contribution in [2.24, 2.45) is 0 Å². The third-order valence-electron chi connectivity index (χ3n) is 3.09. The lowest BCUT2D eigenvalue weighted by Gasteiger charge is -2.35. The van der Waals surface area contributed by atoms with Crippen LogP contribution in [0.2, 0.25) is 5.28 Å².